The van der Waals surface area contributed by atoms with Gasteiger partial charge in [0.1, 0.15) is 5.75 Å². The minimum Gasteiger partial charge on any atom is -0.493 e. The van der Waals surface area contributed by atoms with E-state index in [1.165, 1.54) is 18.4 Å². The van der Waals surface area contributed by atoms with E-state index in [0.717, 1.165) is 25.2 Å². The maximum atomic E-state index is 5.68. The largest absolute Gasteiger partial charge is 0.493 e. The van der Waals surface area contributed by atoms with E-state index in [2.05, 4.69) is 32.0 Å². The van der Waals surface area contributed by atoms with Crippen molar-refractivity contribution in [1.82, 2.24) is 0 Å². The van der Waals surface area contributed by atoms with E-state index in [1.807, 2.05) is 6.07 Å². The standard InChI is InChI=1S/C13H20O/c1-3-5-8-12-9-6-7-10-13(12)14-11-4-2/h6-7,9-10H,3-5,8,11H2,1-2H3. The zero-order valence-corrected chi connectivity index (χ0v) is 9.25. The van der Waals surface area contributed by atoms with E-state index < -0.39 is 0 Å². The molecule has 0 aliphatic heterocycles. The van der Waals surface area contributed by atoms with Crippen LogP contribution >= 0.6 is 0 Å². The van der Waals surface area contributed by atoms with Gasteiger partial charge in [0, 0.05) is 0 Å². The number of benzene rings is 1. The molecule has 0 bridgehead atoms. The van der Waals surface area contributed by atoms with Crippen LogP contribution in [0.4, 0.5) is 0 Å². The molecule has 0 unspecified atom stereocenters. The van der Waals surface area contributed by atoms with Gasteiger partial charge in [-0.15, -0.1) is 0 Å². The van der Waals surface area contributed by atoms with E-state index in [0.29, 0.717) is 0 Å². The molecule has 1 rings (SSSR count). The van der Waals surface area contributed by atoms with Crippen LogP contribution in [0.3, 0.4) is 0 Å². The number of aryl methyl sites for hydroxylation is 1. The Bertz CT molecular complexity index is 228. The van der Waals surface area contributed by atoms with Gasteiger partial charge in [0.05, 0.1) is 6.61 Å². The fourth-order valence-corrected chi connectivity index (χ4v) is 1.43. The highest BCUT2D eigenvalue weighted by atomic mass is 16.5. The summed E-state index contributed by atoms with van der Waals surface area (Å²) in [6, 6.07) is 8.37. The van der Waals surface area contributed by atoms with E-state index in [1.54, 1.807) is 0 Å². The molecule has 0 saturated heterocycles. The second-order valence-electron chi connectivity index (χ2n) is 3.56. The molecule has 0 heterocycles. The second kappa shape index (κ2) is 6.47. The molecule has 0 fully saturated rings. The van der Waals surface area contributed by atoms with Gasteiger partial charge in [-0.1, -0.05) is 38.5 Å². The van der Waals surface area contributed by atoms with Crippen molar-refractivity contribution in [2.75, 3.05) is 6.61 Å². The van der Waals surface area contributed by atoms with E-state index >= 15 is 0 Å². The summed E-state index contributed by atoms with van der Waals surface area (Å²) in [5.74, 6) is 1.07. The first-order chi connectivity index (χ1) is 6.88. The Morgan fingerprint density at radius 1 is 1.07 bits per heavy atom. The van der Waals surface area contributed by atoms with Crippen molar-refractivity contribution in [1.29, 1.82) is 0 Å². The van der Waals surface area contributed by atoms with Crippen molar-refractivity contribution >= 4 is 0 Å². The van der Waals surface area contributed by atoms with E-state index in [4.69, 9.17) is 4.74 Å². The molecule has 0 atom stereocenters. The van der Waals surface area contributed by atoms with Crippen LogP contribution in [-0.2, 0) is 6.42 Å². The van der Waals surface area contributed by atoms with Crippen LogP contribution in [0.1, 0.15) is 38.7 Å². The van der Waals surface area contributed by atoms with Crippen molar-refractivity contribution in [3.8, 4) is 5.75 Å². The molecule has 78 valence electrons. The monoisotopic (exact) mass is 192 g/mol. The minimum atomic E-state index is 0.823. The van der Waals surface area contributed by atoms with E-state index in [-0.39, 0.29) is 0 Å². The Labute approximate surface area is 87.1 Å². The first kappa shape index (κ1) is 11.1. The third kappa shape index (κ3) is 3.41. The topological polar surface area (TPSA) is 9.23 Å². The van der Waals surface area contributed by atoms with Crippen LogP contribution in [0.5, 0.6) is 5.75 Å². The highest BCUT2D eigenvalue weighted by Gasteiger charge is 2.00. The fraction of sp³-hybridized carbons (Fsp3) is 0.538. The summed E-state index contributed by atoms with van der Waals surface area (Å²) in [6.07, 6.45) is 4.69. The summed E-state index contributed by atoms with van der Waals surface area (Å²) in [5, 5.41) is 0. The lowest BCUT2D eigenvalue weighted by Crippen LogP contribution is -1.98. The van der Waals surface area contributed by atoms with Gasteiger partial charge < -0.3 is 4.74 Å². The number of para-hydroxylation sites is 1. The Kier molecular flexibility index (Phi) is 5.13. The van der Waals surface area contributed by atoms with Gasteiger partial charge in [-0.3, -0.25) is 0 Å². The number of hydrogen-bond acceptors (Lipinski definition) is 1. The number of hydrogen-bond donors (Lipinski definition) is 0. The van der Waals surface area contributed by atoms with Gasteiger partial charge in [-0.2, -0.15) is 0 Å². The smallest absolute Gasteiger partial charge is 0.122 e. The summed E-state index contributed by atoms with van der Waals surface area (Å²) in [6.45, 7) is 5.17. The van der Waals surface area contributed by atoms with Crippen LogP contribution < -0.4 is 4.74 Å². The average molecular weight is 192 g/mol. The van der Waals surface area contributed by atoms with E-state index in [9.17, 15) is 0 Å². The zero-order valence-electron chi connectivity index (χ0n) is 9.25. The van der Waals surface area contributed by atoms with Gasteiger partial charge in [0.25, 0.3) is 0 Å². The van der Waals surface area contributed by atoms with Crippen molar-refractivity contribution < 1.29 is 4.74 Å². The number of rotatable bonds is 6. The maximum absolute atomic E-state index is 5.68. The molecule has 0 aliphatic rings. The minimum absolute atomic E-state index is 0.823. The van der Waals surface area contributed by atoms with Gasteiger partial charge in [-0.25, -0.2) is 0 Å². The predicted molar refractivity (Wildman–Crippen MR) is 60.8 cm³/mol. The van der Waals surface area contributed by atoms with Gasteiger partial charge in [-0.05, 0) is 30.9 Å². The molecule has 0 N–H and O–H groups in total. The molecule has 0 spiro atoms. The van der Waals surface area contributed by atoms with Crippen molar-refractivity contribution in [2.24, 2.45) is 0 Å². The van der Waals surface area contributed by atoms with Crippen LogP contribution in [0.15, 0.2) is 24.3 Å². The lowest BCUT2D eigenvalue weighted by molar-refractivity contribution is 0.314. The molecule has 1 aromatic rings. The normalized spacial score (nSPS) is 10.1. The fourth-order valence-electron chi connectivity index (χ4n) is 1.43. The average Bonchev–Trinajstić information content (AvgIpc) is 2.24. The summed E-state index contributed by atoms with van der Waals surface area (Å²) in [5.41, 5.74) is 1.35. The summed E-state index contributed by atoms with van der Waals surface area (Å²) < 4.78 is 5.68. The van der Waals surface area contributed by atoms with Crippen molar-refractivity contribution in [3.05, 3.63) is 29.8 Å². The van der Waals surface area contributed by atoms with Crippen LogP contribution in [-0.4, -0.2) is 6.61 Å². The first-order valence-electron chi connectivity index (χ1n) is 5.59. The van der Waals surface area contributed by atoms with Gasteiger partial charge in [0.2, 0.25) is 0 Å². The molecule has 0 aliphatic carbocycles. The molecule has 0 saturated carbocycles. The highest BCUT2D eigenvalue weighted by molar-refractivity contribution is 5.33. The number of ether oxygens (including phenoxy) is 1. The lowest BCUT2D eigenvalue weighted by atomic mass is 10.1. The molecular formula is C13H20O. The van der Waals surface area contributed by atoms with Gasteiger partial charge in [0.15, 0.2) is 0 Å². The molecule has 0 radical (unpaired) electrons. The predicted octanol–water partition coefficient (Wildman–Crippen LogP) is 3.82. The van der Waals surface area contributed by atoms with Crippen LogP contribution in [0, 0.1) is 0 Å². The van der Waals surface area contributed by atoms with Crippen molar-refractivity contribution in [2.45, 2.75) is 39.5 Å². The second-order valence-corrected chi connectivity index (χ2v) is 3.56. The van der Waals surface area contributed by atoms with Crippen LogP contribution in [0.2, 0.25) is 0 Å². The molecule has 1 nitrogen and oxygen atoms in total. The lowest BCUT2D eigenvalue weighted by Gasteiger charge is -2.09. The first-order valence-corrected chi connectivity index (χ1v) is 5.59. The third-order valence-corrected chi connectivity index (χ3v) is 2.23. The summed E-state index contributed by atoms with van der Waals surface area (Å²) >= 11 is 0. The van der Waals surface area contributed by atoms with Gasteiger partial charge >= 0.3 is 0 Å². The molecule has 1 aromatic carbocycles. The Morgan fingerprint density at radius 3 is 2.57 bits per heavy atom. The van der Waals surface area contributed by atoms with Crippen molar-refractivity contribution in [3.63, 3.8) is 0 Å². The Hall–Kier alpha value is -0.980. The molecule has 1 heteroatoms. The highest BCUT2D eigenvalue weighted by Crippen LogP contribution is 2.20. The molecule has 14 heavy (non-hydrogen) atoms. The number of unbranched alkanes of at least 4 members (excludes halogenated alkanes) is 1. The SMILES string of the molecule is CCCCc1ccccc1OCCC. The Morgan fingerprint density at radius 2 is 1.86 bits per heavy atom. The zero-order chi connectivity index (χ0) is 10.2. The molecular weight excluding hydrogens is 172 g/mol. The third-order valence-electron chi connectivity index (χ3n) is 2.23. The summed E-state index contributed by atoms with van der Waals surface area (Å²) in [4.78, 5) is 0. The maximum Gasteiger partial charge on any atom is 0.122 e. The van der Waals surface area contributed by atoms with Crippen LogP contribution in [0.25, 0.3) is 0 Å². The molecule has 0 amide bonds. The quantitative estimate of drug-likeness (QED) is 0.665. The summed E-state index contributed by atoms with van der Waals surface area (Å²) in [7, 11) is 0. The molecule has 0 aromatic heterocycles. The Balaban J connectivity index is 2.60.